The summed E-state index contributed by atoms with van der Waals surface area (Å²) in [7, 11) is -6.83. The van der Waals surface area contributed by atoms with E-state index in [4.69, 9.17) is 9.05 Å². The van der Waals surface area contributed by atoms with Crippen LogP contribution in [0.5, 0.6) is 0 Å². The highest BCUT2D eigenvalue weighted by Gasteiger charge is 2.59. The largest absolute Gasteiger partial charge is 0.319 e. The molecule has 8 heteroatoms. The molecule has 0 aromatic rings. The monoisotopic (exact) mass is 592 g/mol. The van der Waals surface area contributed by atoms with Gasteiger partial charge in [-0.1, -0.05) is 51.4 Å². The fourth-order valence-corrected chi connectivity index (χ4v) is 17.5. The van der Waals surface area contributed by atoms with Crippen LogP contribution in [0.25, 0.3) is 0 Å². The summed E-state index contributed by atoms with van der Waals surface area (Å²) >= 11 is 0. The molecule has 0 amide bonds. The summed E-state index contributed by atoms with van der Waals surface area (Å²) in [5, 5.41) is 0. The predicted octanol–water partition coefficient (Wildman–Crippen LogP) is 8.70. The first-order valence-corrected chi connectivity index (χ1v) is 20.4. The van der Waals surface area contributed by atoms with Crippen molar-refractivity contribution in [3.63, 3.8) is 0 Å². The van der Waals surface area contributed by atoms with Crippen LogP contribution in [0.3, 0.4) is 0 Å². The first-order chi connectivity index (χ1) is 19.4. The number of fused-ring (bicyclic) bond motifs is 6. The maximum Gasteiger partial charge on any atom is 0.270 e. The third-order valence-corrected chi connectivity index (χ3v) is 18.8. The van der Waals surface area contributed by atoms with Gasteiger partial charge in [0, 0.05) is 23.2 Å². The van der Waals surface area contributed by atoms with Crippen molar-refractivity contribution in [2.24, 2.45) is 35.5 Å². The smallest absolute Gasteiger partial charge is 0.270 e. The molecule has 10 unspecified atom stereocenters. The van der Waals surface area contributed by atoms with Gasteiger partial charge in [0.1, 0.15) is 0 Å². The van der Waals surface area contributed by atoms with E-state index in [-0.39, 0.29) is 46.4 Å². The Labute approximate surface area is 240 Å². The summed E-state index contributed by atoms with van der Waals surface area (Å²) in [6.07, 6.45) is 19.4. The lowest BCUT2D eigenvalue weighted by Gasteiger charge is -2.51. The summed E-state index contributed by atoms with van der Waals surface area (Å²) in [5.41, 5.74) is -0.439. The van der Waals surface area contributed by atoms with E-state index in [1.165, 1.54) is 25.7 Å². The molecule has 0 radical (unpaired) electrons. The Hall–Kier alpha value is -0.280. The van der Waals surface area contributed by atoms with Crippen LogP contribution in [0.1, 0.15) is 128 Å². The number of rotatable bonds is 4. The van der Waals surface area contributed by atoms with Crippen LogP contribution < -0.4 is 0 Å². The highest BCUT2D eigenvalue weighted by molar-refractivity contribution is 7.77. The van der Waals surface area contributed by atoms with Gasteiger partial charge in [0.25, 0.3) is 14.7 Å². The Bertz CT molecular complexity index is 997. The van der Waals surface area contributed by atoms with Crippen LogP contribution in [0, 0.1) is 35.5 Å². The van der Waals surface area contributed by atoms with Gasteiger partial charge in [-0.25, -0.2) is 0 Å². The Morgan fingerprint density at radius 3 is 1.15 bits per heavy atom. The second-order valence-corrected chi connectivity index (χ2v) is 19.7. The molecule has 7 fully saturated rings. The van der Waals surface area contributed by atoms with E-state index in [0.29, 0.717) is 49.4 Å². The molecule has 7 rings (SSSR count). The lowest BCUT2D eigenvalue weighted by atomic mass is 9.71. The second kappa shape index (κ2) is 11.3. The zero-order chi connectivity index (χ0) is 27.5. The van der Waals surface area contributed by atoms with Gasteiger partial charge in [-0.15, -0.1) is 0 Å². The van der Waals surface area contributed by atoms with Crippen LogP contribution in [-0.2, 0) is 27.8 Å². The molecule has 0 spiro atoms. The van der Waals surface area contributed by atoms with Crippen LogP contribution in [-0.4, -0.2) is 34.6 Å². The highest BCUT2D eigenvalue weighted by atomic mass is 31.2. The van der Waals surface area contributed by atoms with Gasteiger partial charge in [0.15, 0.2) is 0 Å². The molecule has 6 nitrogen and oxygen atoms in total. The molecular formula is C32H50O6P2. The average Bonchev–Trinajstić information content (AvgIpc) is 3.01. The minimum Gasteiger partial charge on any atom is -0.319 e. The molecule has 40 heavy (non-hydrogen) atoms. The van der Waals surface area contributed by atoms with Crippen LogP contribution >= 0.6 is 14.7 Å². The van der Waals surface area contributed by atoms with Crippen LogP contribution in [0.4, 0.5) is 0 Å². The molecule has 7 aliphatic rings. The summed E-state index contributed by atoms with van der Waals surface area (Å²) in [6, 6.07) is 0. The van der Waals surface area contributed by atoms with E-state index in [2.05, 4.69) is 0 Å². The van der Waals surface area contributed by atoms with E-state index in [1.54, 1.807) is 0 Å². The van der Waals surface area contributed by atoms with Crippen molar-refractivity contribution in [2.45, 2.75) is 152 Å². The standard InChI is InChI=1S/C32H50O6P2/c33-31(39(35)29-15-7-3-11-25(29)23-9-1-5-13-27(23)37-39)21-17-19-22(20-18-21)32(34)40(36)30-16-8-4-12-26(30)24-10-2-6-14-28(24)38-40/h21-30H,1-20H2. The van der Waals surface area contributed by atoms with E-state index in [9.17, 15) is 18.7 Å². The normalized spacial score (nSPS) is 50.9. The van der Waals surface area contributed by atoms with Gasteiger partial charge < -0.3 is 9.05 Å². The van der Waals surface area contributed by atoms with E-state index >= 15 is 0 Å². The minimum absolute atomic E-state index is 0.0126. The van der Waals surface area contributed by atoms with Crippen molar-refractivity contribution in [3.05, 3.63) is 0 Å². The highest BCUT2D eigenvalue weighted by Crippen LogP contribution is 2.70. The van der Waals surface area contributed by atoms with Gasteiger partial charge in [-0.05, 0) is 101 Å². The number of hydrogen-bond acceptors (Lipinski definition) is 6. The fraction of sp³-hybridized carbons (Fsp3) is 0.938. The molecule has 0 bridgehead atoms. The zero-order valence-electron chi connectivity index (χ0n) is 24.3. The van der Waals surface area contributed by atoms with E-state index in [1.807, 2.05) is 0 Å². The maximum absolute atomic E-state index is 14.6. The van der Waals surface area contributed by atoms with Gasteiger partial charge in [0.2, 0.25) is 11.0 Å². The third kappa shape index (κ3) is 4.73. The molecule has 5 aliphatic carbocycles. The minimum atomic E-state index is -3.42. The summed E-state index contributed by atoms with van der Waals surface area (Å²) < 4.78 is 42.0. The van der Waals surface area contributed by atoms with Crippen LogP contribution in [0.15, 0.2) is 0 Å². The van der Waals surface area contributed by atoms with E-state index < -0.39 is 14.7 Å². The summed E-state index contributed by atoms with van der Waals surface area (Å²) in [5.74, 6) is 1.11. The molecule has 2 aliphatic heterocycles. The van der Waals surface area contributed by atoms with Crippen LogP contribution in [0.2, 0.25) is 0 Å². The number of hydrogen-bond donors (Lipinski definition) is 0. The molecule has 0 aromatic carbocycles. The Morgan fingerprint density at radius 2 is 0.750 bits per heavy atom. The Balaban J connectivity index is 1.05. The zero-order valence-corrected chi connectivity index (χ0v) is 26.0. The van der Waals surface area contributed by atoms with Gasteiger partial charge >= 0.3 is 0 Å². The first-order valence-electron chi connectivity index (χ1n) is 17.0. The third-order valence-electron chi connectivity index (χ3n) is 12.7. The molecule has 5 saturated carbocycles. The Kier molecular flexibility index (Phi) is 8.07. The molecule has 2 heterocycles. The van der Waals surface area contributed by atoms with Crippen molar-refractivity contribution in [1.82, 2.24) is 0 Å². The van der Waals surface area contributed by atoms with Crippen molar-refractivity contribution >= 4 is 25.8 Å². The van der Waals surface area contributed by atoms with Gasteiger partial charge in [-0.3, -0.25) is 18.7 Å². The lowest BCUT2D eigenvalue weighted by molar-refractivity contribution is -0.122. The van der Waals surface area contributed by atoms with Crippen molar-refractivity contribution in [2.75, 3.05) is 0 Å². The first kappa shape index (κ1) is 28.5. The fourth-order valence-electron chi connectivity index (χ4n) is 10.7. The molecular weight excluding hydrogens is 542 g/mol. The molecule has 0 N–H and O–H groups in total. The molecule has 10 atom stereocenters. The van der Waals surface area contributed by atoms with Crippen molar-refractivity contribution < 1.29 is 27.8 Å². The summed E-state index contributed by atoms with van der Waals surface area (Å²) in [4.78, 5) is 28.1. The van der Waals surface area contributed by atoms with E-state index in [0.717, 1.165) is 77.0 Å². The average molecular weight is 593 g/mol. The van der Waals surface area contributed by atoms with Crippen molar-refractivity contribution in [1.29, 1.82) is 0 Å². The maximum atomic E-state index is 14.6. The van der Waals surface area contributed by atoms with Gasteiger partial charge in [-0.2, -0.15) is 0 Å². The summed E-state index contributed by atoms with van der Waals surface area (Å²) in [6.45, 7) is 0. The molecule has 224 valence electrons. The number of carbonyl (C=O) groups is 2. The molecule has 2 saturated heterocycles. The Morgan fingerprint density at radius 1 is 0.425 bits per heavy atom. The SMILES string of the molecule is O=C(C1CCC(C(=O)P2(=O)OC3CCCCC3C3CCCCC32)CC1)P1(=O)OC2CCCCC2C2CCCCC21. The second-order valence-electron chi connectivity index (χ2n) is 14.6. The molecule has 0 aromatic heterocycles. The van der Waals surface area contributed by atoms with Crippen molar-refractivity contribution in [3.8, 4) is 0 Å². The predicted molar refractivity (Wildman–Crippen MR) is 156 cm³/mol. The topological polar surface area (TPSA) is 86.7 Å². The lowest BCUT2D eigenvalue weighted by Crippen LogP contribution is -2.47. The van der Waals surface area contributed by atoms with Gasteiger partial charge in [0.05, 0.1) is 12.2 Å². The number of carbonyl (C=O) groups excluding carboxylic acids is 2. The quantitative estimate of drug-likeness (QED) is 0.304.